The SMILES string of the molecule is COc1cc(C2CCNc3c2cnn3-c2cccc(F)c2)cc(OC)c1O. The maximum absolute atomic E-state index is 13.6. The minimum absolute atomic E-state index is 0.0200. The first-order chi connectivity index (χ1) is 13.1. The van der Waals surface area contributed by atoms with E-state index in [1.807, 2.05) is 18.2 Å². The van der Waals surface area contributed by atoms with Gasteiger partial charge >= 0.3 is 0 Å². The molecular weight excluding hydrogens is 349 g/mol. The number of fused-ring (bicyclic) bond motifs is 1. The van der Waals surface area contributed by atoms with E-state index in [0.717, 1.165) is 29.9 Å². The van der Waals surface area contributed by atoms with Crippen LogP contribution >= 0.6 is 0 Å². The van der Waals surface area contributed by atoms with Gasteiger partial charge < -0.3 is 19.9 Å². The van der Waals surface area contributed by atoms with Crippen LogP contribution in [0.3, 0.4) is 0 Å². The van der Waals surface area contributed by atoms with Gasteiger partial charge in [-0.1, -0.05) is 6.07 Å². The summed E-state index contributed by atoms with van der Waals surface area (Å²) in [5.41, 5.74) is 2.62. The van der Waals surface area contributed by atoms with Gasteiger partial charge in [0.25, 0.3) is 0 Å². The molecule has 3 aromatic rings. The first kappa shape index (κ1) is 17.2. The lowest BCUT2D eigenvalue weighted by Gasteiger charge is -2.25. The summed E-state index contributed by atoms with van der Waals surface area (Å²) in [5.74, 6) is 1.28. The molecule has 2 N–H and O–H groups in total. The minimum Gasteiger partial charge on any atom is -0.502 e. The Labute approximate surface area is 156 Å². The number of nitrogens with one attached hydrogen (secondary N) is 1. The quantitative estimate of drug-likeness (QED) is 0.734. The van der Waals surface area contributed by atoms with Gasteiger partial charge in [0.2, 0.25) is 5.75 Å². The second-order valence-electron chi connectivity index (χ2n) is 6.38. The van der Waals surface area contributed by atoms with Gasteiger partial charge in [0, 0.05) is 18.0 Å². The van der Waals surface area contributed by atoms with Gasteiger partial charge in [0.15, 0.2) is 11.5 Å². The monoisotopic (exact) mass is 369 g/mol. The van der Waals surface area contributed by atoms with Gasteiger partial charge in [-0.2, -0.15) is 5.10 Å². The number of benzene rings is 2. The maximum Gasteiger partial charge on any atom is 0.200 e. The third-order valence-electron chi connectivity index (χ3n) is 4.86. The summed E-state index contributed by atoms with van der Waals surface area (Å²) in [6.07, 6.45) is 2.64. The lowest BCUT2D eigenvalue weighted by atomic mass is 9.87. The van der Waals surface area contributed by atoms with Gasteiger partial charge in [-0.3, -0.25) is 0 Å². The van der Waals surface area contributed by atoms with E-state index in [2.05, 4.69) is 10.4 Å². The van der Waals surface area contributed by atoms with E-state index in [9.17, 15) is 9.50 Å². The lowest BCUT2D eigenvalue weighted by Crippen LogP contribution is -2.19. The highest BCUT2D eigenvalue weighted by molar-refractivity contribution is 5.60. The molecule has 4 rings (SSSR count). The van der Waals surface area contributed by atoms with E-state index in [1.165, 1.54) is 26.4 Å². The molecule has 2 aromatic carbocycles. The Balaban J connectivity index is 1.79. The summed E-state index contributed by atoms with van der Waals surface area (Å²) < 4.78 is 25.9. The number of aromatic nitrogens is 2. The summed E-state index contributed by atoms with van der Waals surface area (Å²) in [5, 5.41) is 18.0. The van der Waals surface area contributed by atoms with E-state index < -0.39 is 0 Å². The number of hydrogen-bond acceptors (Lipinski definition) is 5. The molecule has 6 nitrogen and oxygen atoms in total. The predicted octanol–water partition coefficient (Wildman–Crippen LogP) is 3.68. The summed E-state index contributed by atoms with van der Waals surface area (Å²) in [6, 6.07) is 9.97. The normalized spacial score (nSPS) is 15.7. The van der Waals surface area contributed by atoms with Gasteiger partial charge in [-0.15, -0.1) is 0 Å². The average molecular weight is 369 g/mol. The summed E-state index contributed by atoms with van der Waals surface area (Å²) in [4.78, 5) is 0. The van der Waals surface area contributed by atoms with E-state index in [4.69, 9.17) is 9.47 Å². The van der Waals surface area contributed by atoms with E-state index in [1.54, 1.807) is 16.9 Å². The first-order valence-electron chi connectivity index (χ1n) is 8.65. The number of aromatic hydroxyl groups is 1. The van der Waals surface area contributed by atoms with Crippen LogP contribution in [0, 0.1) is 5.82 Å². The first-order valence-corrected chi connectivity index (χ1v) is 8.65. The average Bonchev–Trinajstić information content (AvgIpc) is 3.12. The molecule has 2 heterocycles. The number of phenolic OH excluding ortho intramolecular Hbond substituents is 1. The van der Waals surface area contributed by atoms with Crippen LogP contribution in [-0.4, -0.2) is 35.7 Å². The number of methoxy groups -OCH3 is 2. The second kappa shape index (κ2) is 6.83. The molecule has 0 amide bonds. The van der Waals surface area contributed by atoms with Crippen molar-refractivity contribution in [3.8, 4) is 22.9 Å². The molecule has 0 aliphatic carbocycles. The van der Waals surface area contributed by atoms with Crippen molar-refractivity contribution in [1.82, 2.24) is 9.78 Å². The Hall–Kier alpha value is -3.22. The molecule has 0 fully saturated rings. The van der Waals surface area contributed by atoms with Crippen LogP contribution in [0.15, 0.2) is 42.6 Å². The van der Waals surface area contributed by atoms with Crippen molar-refractivity contribution in [3.63, 3.8) is 0 Å². The van der Waals surface area contributed by atoms with Crippen LogP contribution in [-0.2, 0) is 0 Å². The largest absolute Gasteiger partial charge is 0.502 e. The molecule has 0 saturated heterocycles. The molecule has 1 aliphatic heterocycles. The van der Waals surface area contributed by atoms with Gasteiger partial charge in [0.05, 0.1) is 26.1 Å². The van der Waals surface area contributed by atoms with Crippen molar-refractivity contribution in [2.75, 3.05) is 26.1 Å². The number of ether oxygens (including phenoxy) is 2. The van der Waals surface area contributed by atoms with Crippen LogP contribution < -0.4 is 14.8 Å². The Bertz CT molecular complexity index is 961. The molecule has 1 atom stereocenters. The van der Waals surface area contributed by atoms with Crippen molar-refractivity contribution >= 4 is 5.82 Å². The van der Waals surface area contributed by atoms with Crippen LogP contribution in [0.5, 0.6) is 17.2 Å². The van der Waals surface area contributed by atoms with Crippen molar-refractivity contribution in [3.05, 3.63) is 59.5 Å². The molecule has 1 aromatic heterocycles. The number of phenols is 1. The minimum atomic E-state index is -0.308. The second-order valence-corrected chi connectivity index (χ2v) is 6.38. The zero-order valence-corrected chi connectivity index (χ0v) is 15.1. The van der Waals surface area contributed by atoms with E-state index in [0.29, 0.717) is 17.2 Å². The van der Waals surface area contributed by atoms with E-state index in [-0.39, 0.29) is 17.5 Å². The van der Waals surface area contributed by atoms with Gasteiger partial charge in [-0.25, -0.2) is 9.07 Å². The topological polar surface area (TPSA) is 68.5 Å². The molecule has 140 valence electrons. The zero-order valence-electron chi connectivity index (χ0n) is 15.1. The number of halogens is 1. The molecule has 1 aliphatic rings. The molecule has 27 heavy (non-hydrogen) atoms. The summed E-state index contributed by atoms with van der Waals surface area (Å²) in [7, 11) is 3.02. The fraction of sp³-hybridized carbons (Fsp3) is 0.250. The highest BCUT2D eigenvalue weighted by atomic mass is 19.1. The number of rotatable bonds is 4. The van der Waals surface area contributed by atoms with Crippen LogP contribution in [0.1, 0.15) is 23.5 Å². The summed E-state index contributed by atoms with van der Waals surface area (Å²) >= 11 is 0. The van der Waals surface area contributed by atoms with Crippen molar-refractivity contribution < 1.29 is 19.0 Å². The third-order valence-corrected chi connectivity index (χ3v) is 4.86. The Kier molecular flexibility index (Phi) is 4.35. The molecule has 0 saturated carbocycles. The molecule has 0 radical (unpaired) electrons. The standard InChI is InChI=1S/C20H20FN3O3/c1-26-17-8-12(9-18(27-2)19(17)25)15-6-7-22-20-16(15)11-23-24(20)14-5-3-4-13(21)10-14/h3-5,8-11,15,22,25H,6-7H2,1-2H3. The maximum atomic E-state index is 13.6. The van der Waals surface area contributed by atoms with Crippen LogP contribution in [0.4, 0.5) is 10.2 Å². The summed E-state index contributed by atoms with van der Waals surface area (Å²) in [6.45, 7) is 0.740. The molecule has 1 unspecified atom stereocenters. The fourth-order valence-corrected chi connectivity index (χ4v) is 3.55. The molecule has 0 bridgehead atoms. The number of anilines is 1. The van der Waals surface area contributed by atoms with Crippen molar-refractivity contribution in [1.29, 1.82) is 0 Å². The predicted molar refractivity (Wildman–Crippen MR) is 99.7 cm³/mol. The smallest absolute Gasteiger partial charge is 0.200 e. The van der Waals surface area contributed by atoms with E-state index >= 15 is 0 Å². The lowest BCUT2D eigenvalue weighted by molar-refractivity contribution is 0.339. The zero-order chi connectivity index (χ0) is 19.0. The number of nitrogens with zero attached hydrogens (tertiary/aromatic N) is 2. The Morgan fingerprint density at radius 1 is 1.19 bits per heavy atom. The Morgan fingerprint density at radius 3 is 2.59 bits per heavy atom. The third kappa shape index (κ3) is 2.95. The molecule has 0 spiro atoms. The highest BCUT2D eigenvalue weighted by Crippen LogP contribution is 2.44. The fourth-order valence-electron chi connectivity index (χ4n) is 3.55. The van der Waals surface area contributed by atoms with Crippen molar-refractivity contribution in [2.45, 2.75) is 12.3 Å². The van der Waals surface area contributed by atoms with Crippen LogP contribution in [0.2, 0.25) is 0 Å². The van der Waals surface area contributed by atoms with Gasteiger partial charge in [-0.05, 0) is 42.3 Å². The van der Waals surface area contributed by atoms with Crippen molar-refractivity contribution in [2.24, 2.45) is 0 Å². The van der Waals surface area contributed by atoms with Crippen LogP contribution in [0.25, 0.3) is 5.69 Å². The highest BCUT2D eigenvalue weighted by Gasteiger charge is 2.28. The van der Waals surface area contributed by atoms with Gasteiger partial charge in [0.1, 0.15) is 11.6 Å². The number of hydrogen-bond donors (Lipinski definition) is 2. The molecular formula is C20H20FN3O3. The Morgan fingerprint density at radius 2 is 1.93 bits per heavy atom. The molecule has 7 heteroatoms.